The average Bonchev–Trinajstić information content (AvgIpc) is 2.35. The molecular formula is C18H31ClN2. The lowest BCUT2D eigenvalue weighted by Gasteiger charge is -2.31. The third kappa shape index (κ3) is 6.71. The van der Waals surface area contributed by atoms with E-state index in [4.69, 9.17) is 11.6 Å². The minimum atomic E-state index is 0.483. The van der Waals surface area contributed by atoms with Gasteiger partial charge in [0.1, 0.15) is 0 Å². The lowest BCUT2D eigenvalue weighted by atomic mass is 10.1. The van der Waals surface area contributed by atoms with Crippen LogP contribution >= 0.6 is 11.6 Å². The van der Waals surface area contributed by atoms with Crippen LogP contribution in [0.2, 0.25) is 5.02 Å². The summed E-state index contributed by atoms with van der Waals surface area (Å²) in [6, 6.07) is 6.74. The summed E-state index contributed by atoms with van der Waals surface area (Å²) in [6.07, 6.45) is 0. The highest BCUT2D eigenvalue weighted by Gasteiger charge is 2.15. The van der Waals surface area contributed by atoms with Crippen LogP contribution in [-0.4, -0.2) is 19.1 Å². The highest BCUT2D eigenvalue weighted by molar-refractivity contribution is 6.30. The quantitative estimate of drug-likeness (QED) is 0.730. The van der Waals surface area contributed by atoms with E-state index in [-0.39, 0.29) is 0 Å². The van der Waals surface area contributed by atoms with Gasteiger partial charge in [0.15, 0.2) is 0 Å². The van der Waals surface area contributed by atoms with E-state index in [1.165, 1.54) is 11.3 Å². The number of nitrogens with one attached hydrogen (secondary N) is 1. The summed E-state index contributed by atoms with van der Waals surface area (Å²) in [4.78, 5) is 2.48. The lowest BCUT2D eigenvalue weighted by molar-refractivity contribution is 0.546. The molecule has 0 aliphatic rings. The summed E-state index contributed by atoms with van der Waals surface area (Å²) in [5.74, 6) is 1.27. The van der Waals surface area contributed by atoms with Crippen molar-refractivity contribution in [1.82, 2.24) is 5.32 Å². The van der Waals surface area contributed by atoms with E-state index in [2.05, 4.69) is 63.9 Å². The van der Waals surface area contributed by atoms with Gasteiger partial charge in [-0.15, -0.1) is 0 Å². The maximum Gasteiger partial charge on any atom is 0.0426 e. The third-order valence-corrected chi connectivity index (χ3v) is 3.49. The van der Waals surface area contributed by atoms with Gasteiger partial charge >= 0.3 is 0 Å². The molecule has 1 rings (SSSR count). The number of benzene rings is 1. The molecule has 0 spiro atoms. The third-order valence-electron chi connectivity index (χ3n) is 3.26. The summed E-state index contributed by atoms with van der Waals surface area (Å²) in [7, 11) is 0. The van der Waals surface area contributed by atoms with Crippen molar-refractivity contribution >= 4 is 17.3 Å². The van der Waals surface area contributed by atoms with Gasteiger partial charge in [-0.3, -0.25) is 0 Å². The zero-order valence-electron chi connectivity index (χ0n) is 14.4. The molecule has 0 aliphatic carbocycles. The number of hydrogen-bond acceptors (Lipinski definition) is 2. The molecule has 0 amide bonds. The molecule has 0 radical (unpaired) electrons. The fourth-order valence-corrected chi connectivity index (χ4v) is 2.61. The predicted octanol–water partition coefficient (Wildman–Crippen LogP) is 4.96. The van der Waals surface area contributed by atoms with Crippen molar-refractivity contribution in [2.75, 3.05) is 18.0 Å². The van der Waals surface area contributed by atoms with E-state index < -0.39 is 0 Å². The fraction of sp³-hybridized carbons (Fsp3) is 0.667. The first-order chi connectivity index (χ1) is 9.79. The van der Waals surface area contributed by atoms with Gasteiger partial charge in [-0.25, -0.2) is 0 Å². The number of anilines is 1. The van der Waals surface area contributed by atoms with Crippen molar-refractivity contribution in [3.05, 3.63) is 28.8 Å². The van der Waals surface area contributed by atoms with Crippen LogP contribution in [0.1, 0.15) is 47.1 Å². The monoisotopic (exact) mass is 310 g/mol. The molecule has 0 bridgehead atoms. The van der Waals surface area contributed by atoms with Crippen LogP contribution in [0, 0.1) is 11.8 Å². The summed E-state index contributed by atoms with van der Waals surface area (Å²) >= 11 is 6.25. The molecular weight excluding hydrogens is 280 g/mol. The number of rotatable bonds is 8. The second-order valence-corrected chi connectivity index (χ2v) is 7.44. The number of hydrogen-bond donors (Lipinski definition) is 1. The molecule has 0 unspecified atom stereocenters. The summed E-state index contributed by atoms with van der Waals surface area (Å²) in [5.41, 5.74) is 2.60. The topological polar surface area (TPSA) is 15.3 Å². The predicted molar refractivity (Wildman–Crippen MR) is 95.3 cm³/mol. The molecule has 0 heterocycles. The van der Waals surface area contributed by atoms with Gasteiger partial charge in [0, 0.05) is 36.4 Å². The highest BCUT2D eigenvalue weighted by atomic mass is 35.5. The minimum Gasteiger partial charge on any atom is -0.371 e. The molecule has 1 N–H and O–H groups in total. The van der Waals surface area contributed by atoms with E-state index in [0.717, 1.165) is 24.7 Å². The molecule has 0 fully saturated rings. The van der Waals surface area contributed by atoms with Gasteiger partial charge in [0.05, 0.1) is 0 Å². The maximum atomic E-state index is 6.25. The van der Waals surface area contributed by atoms with Crippen molar-refractivity contribution in [2.24, 2.45) is 11.8 Å². The molecule has 21 heavy (non-hydrogen) atoms. The largest absolute Gasteiger partial charge is 0.371 e. The van der Waals surface area contributed by atoms with Gasteiger partial charge in [-0.05, 0) is 29.5 Å². The van der Waals surface area contributed by atoms with E-state index in [1.807, 2.05) is 6.07 Å². The normalized spacial score (nSPS) is 11.7. The Morgan fingerprint density at radius 3 is 2.05 bits per heavy atom. The Bertz CT molecular complexity index is 417. The molecule has 0 atom stereocenters. The molecule has 0 saturated carbocycles. The first-order valence-corrected chi connectivity index (χ1v) is 8.44. The summed E-state index contributed by atoms with van der Waals surface area (Å²) in [5, 5.41) is 4.33. The molecule has 1 aromatic rings. The van der Waals surface area contributed by atoms with Crippen LogP contribution in [-0.2, 0) is 6.54 Å². The standard InChI is InChI=1S/C18H31ClN2/c1-13(2)11-21(12-14(3)4)18-9-17(19)8-7-16(18)10-20-15(5)6/h7-9,13-15,20H,10-12H2,1-6H3. The zero-order chi connectivity index (χ0) is 16.0. The Balaban J connectivity index is 3.05. The van der Waals surface area contributed by atoms with E-state index in [1.54, 1.807) is 0 Å². The van der Waals surface area contributed by atoms with Gasteiger partial charge in [0.25, 0.3) is 0 Å². The van der Waals surface area contributed by atoms with Crippen molar-refractivity contribution in [1.29, 1.82) is 0 Å². The second kappa shape index (κ2) is 8.65. The smallest absolute Gasteiger partial charge is 0.0426 e. The van der Waals surface area contributed by atoms with Gasteiger partial charge in [0.2, 0.25) is 0 Å². The average molecular weight is 311 g/mol. The molecule has 0 saturated heterocycles. The van der Waals surface area contributed by atoms with Crippen LogP contribution in [0.25, 0.3) is 0 Å². The number of halogens is 1. The van der Waals surface area contributed by atoms with Crippen molar-refractivity contribution < 1.29 is 0 Å². The van der Waals surface area contributed by atoms with E-state index in [9.17, 15) is 0 Å². The SMILES string of the molecule is CC(C)CN(CC(C)C)c1cc(Cl)ccc1CNC(C)C. The molecule has 0 aromatic heterocycles. The van der Waals surface area contributed by atoms with Gasteiger partial charge < -0.3 is 10.2 Å². The maximum absolute atomic E-state index is 6.25. The first-order valence-electron chi connectivity index (χ1n) is 8.06. The van der Waals surface area contributed by atoms with Crippen molar-refractivity contribution in [3.8, 4) is 0 Å². The van der Waals surface area contributed by atoms with Gasteiger partial charge in [-0.2, -0.15) is 0 Å². The zero-order valence-corrected chi connectivity index (χ0v) is 15.2. The Labute approximate surface area is 135 Å². The fourth-order valence-electron chi connectivity index (χ4n) is 2.45. The minimum absolute atomic E-state index is 0.483. The molecule has 0 aliphatic heterocycles. The van der Waals surface area contributed by atoms with Crippen LogP contribution < -0.4 is 10.2 Å². The summed E-state index contributed by atoms with van der Waals surface area (Å²) in [6.45, 7) is 16.4. The highest BCUT2D eigenvalue weighted by Crippen LogP contribution is 2.27. The number of nitrogens with zero attached hydrogens (tertiary/aromatic N) is 1. The van der Waals surface area contributed by atoms with Gasteiger partial charge in [-0.1, -0.05) is 59.2 Å². The van der Waals surface area contributed by atoms with Crippen LogP contribution in [0.3, 0.4) is 0 Å². The second-order valence-electron chi connectivity index (χ2n) is 7.00. The lowest BCUT2D eigenvalue weighted by Crippen LogP contribution is -2.33. The Hall–Kier alpha value is -0.730. The van der Waals surface area contributed by atoms with Crippen LogP contribution in [0.5, 0.6) is 0 Å². The first kappa shape index (κ1) is 18.3. The summed E-state index contributed by atoms with van der Waals surface area (Å²) < 4.78 is 0. The van der Waals surface area contributed by atoms with E-state index in [0.29, 0.717) is 17.9 Å². The molecule has 1 aromatic carbocycles. The van der Waals surface area contributed by atoms with Crippen molar-refractivity contribution in [3.63, 3.8) is 0 Å². The molecule has 120 valence electrons. The van der Waals surface area contributed by atoms with E-state index >= 15 is 0 Å². The van der Waals surface area contributed by atoms with Crippen molar-refractivity contribution in [2.45, 2.75) is 54.1 Å². The Morgan fingerprint density at radius 1 is 1.00 bits per heavy atom. The molecule has 3 heteroatoms. The Kier molecular flexibility index (Phi) is 7.55. The molecule has 2 nitrogen and oxygen atoms in total. The van der Waals surface area contributed by atoms with Crippen LogP contribution in [0.15, 0.2) is 18.2 Å². The van der Waals surface area contributed by atoms with Crippen LogP contribution in [0.4, 0.5) is 5.69 Å². The Morgan fingerprint density at radius 2 is 1.57 bits per heavy atom.